The number of anilines is 1. The predicted octanol–water partition coefficient (Wildman–Crippen LogP) is 3.61. The molecule has 1 aliphatic heterocycles. The van der Waals surface area contributed by atoms with Crippen molar-refractivity contribution in [3.8, 4) is 22.9 Å². The van der Waals surface area contributed by atoms with Gasteiger partial charge in [-0.3, -0.25) is 14.4 Å². The molecule has 1 aliphatic rings. The van der Waals surface area contributed by atoms with Crippen molar-refractivity contribution in [2.75, 3.05) is 11.4 Å². The van der Waals surface area contributed by atoms with Crippen LogP contribution < -0.4 is 4.90 Å². The number of amides is 1. The number of carbonyl (C=O) groups is 1. The second kappa shape index (κ2) is 7.88. The first-order chi connectivity index (χ1) is 15.9. The van der Waals surface area contributed by atoms with Crippen LogP contribution in [0.1, 0.15) is 38.4 Å². The number of rotatable bonds is 6. The molecule has 0 atom stereocenters. The number of hydrogen-bond acceptors (Lipinski definition) is 7. The largest absolute Gasteiger partial charge is 0.364 e. The molecule has 4 aromatic rings. The highest BCUT2D eigenvalue weighted by atomic mass is 19.1. The molecule has 168 valence electrons. The van der Waals surface area contributed by atoms with Gasteiger partial charge in [-0.15, -0.1) is 10.2 Å². The van der Waals surface area contributed by atoms with E-state index in [-0.39, 0.29) is 24.1 Å². The highest BCUT2D eigenvalue weighted by Crippen LogP contribution is 2.39. The van der Waals surface area contributed by atoms with Gasteiger partial charge in [-0.2, -0.15) is 5.10 Å². The Hall–Kier alpha value is -3.95. The van der Waals surface area contributed by atoms with E-state index in [9.17, 15) is 9.18 Å². The van der Waals surface area contributed by atoms with Crippen LogP contribution in [-0.2, 0) is 16.8 Å². The van der Waals surface area contributed by atoms with Gasteiger partial charge in [-0.1, -0.05) is 30.3 Å². The summed E-state index contributed by atoms with van der Waals surface area (Å²) in [5, 5.41) is 17.3. The topological polar surface area (TPSA) is 103 Å². The number of aromatic nitrogens is 6. The van der Waals surface area contributed by atoms with E-state index in [2.05, 4.69) is 25.4 Å². The quantitative estimate of drug-likeness (QED) is 0.445. The van der Waals surface area contributed by atoms with E-state index in [1.165, 1.54) is 12.3 Å². The summed E-state index contributed by atoms with van der Waals surface area (Å²) in [4.78, 5) is 19.2. The average Bonchev–Trinajstić information content (AvgIpc) is 3.51. The third-order valence-electron chi connectivity index (χ3n) is 5.73. The highest BCUT2D eigenvalue weighted by molar-refractivity contribution is 6.06. The van der Waals surface area contributed by atoms with E-state index in [0.717, 1.165) is 6.42 Å². The first-order valence-corrected chi connectivity index (χ1v) is 10.7. The molecule has 0 saturated heterocycles. The van der Waals surface area contributed by atoms with Gasteiger partial charge in [0.25, 0.3) is 0 Å². The predicted molar refractivity (Wildman–Crippen MR) is 118 cm³/mol. The Morgan fingerprint density at radius 3 is 2.67 bits per heavy atom. The van der Waals surface area contributed by atoms with Crippen molar-refractivity contribution >= 4 is 11.7 Å². The molecule has 0 radical (unpaired) electrons. The number of hydrogen-bond donors (Lipinski definition) is 0. The number of halogens is 1. The van der Waals surface area contributed by atoms with Gasteiger partial charge in [-0.05, 0) is 32.4 Å². The summed E-state index contributed by atoms with van der Waals surface area (Å²) in [5.74, 6) is 0.402. The number of benzene rings is 1. The molecule has 1 aromatic carbocycles. The molecule has 0 aliphatic carbocycles. The fourth-order valence-corrected chi connectivity index (χ4v) is 3.97. The minimum Gasteiger partial charge on any atom is -0.364 e. The Morgan fingerprint density at radius 1 is 1.12 bits per heavy atom. The molecular weight excluding hydrogens is 425 g/mol. The maximum Gasteiger partial charge on any atom is 0.240 e. The first kappa shape index (κ1) is 20.9. The summed E-state index contributed by atoms with van der Waals surface area (Å²) >= 11 is 0. The van der Waals surface area contributed by atoms with Crippen LogP contribution in [0.3, 0.4) is 0 Å². The summed E-state index contributed by atoms with van der Waals surface area (Å²) in [6.45, 7) is 6.37. The van der Waals surface area contributed by atoms with Crippen molar-refractivity contribution in [2.45, 2.75) is 39.2 Å². The van der Waals surface area contributed by atoms with Gasteiger partial charge in [-0.25, -0.2) is 9.37 Å². The van der Waals surface area contributed by atoms with Gasteiger partial charge < -0.3 is 4.52 Å². The van der Waals surface area contributed by atoms with Gasteiger partial charge in [0, 0.05) is 18.2 Å². The molecule has 0 spiro atoms. The van der Waals surface area contributed by atoms with E-state index in [1.54, 1.807) is 39.9 Å². The first-order valence-electron chi connectivity index (χ1n) is 10.7. The van der Waals surface area contributed by atoms with E-state index >= 15 is 0 Å². The van der Waals surface area contributed by atoms with E-state index in [4.69, 9.17) is 4.52 Å². The zero-order valence-electron chi connectivity index (χ0n) is 18.5. The Labute approximate surface area is 189 Å². The number of nitrogens with zero attached hydrogens (tertiary/aromatic N) is 7. The number of fused-ring (bicyclic) bond motifs is 1. The molecule has 4 heterocycles. The normalized spacial score (nSPS) is 14.7. The summed E-state index contributed by atoms with van der Waals surface area (Å²) < 4.78 is 20.9. The standard InChI is InChI=1S/C23H22FN7O2/c1-4-10-30-21-19(23(2,3)22(30)32)26-27-20(25-21)17-12-18(16-9-11-33-29-16)31(28-17)13-14-7-5-6-8-15(14)24/h5-9,11-12H,4,10,13H2,1-3H3. The molecule has 0 saturated carbocycles. The Kier molecular flexibility index (Phi) is 4.99. The second-order valence-corrected chi connectivity index (χ2v) is 8.44. The molecular formula is C23H22FN7O2. The molecule has 0 bridgehead atoms. The van der Waals surface area contributed by atoms with Crippen molar-refractivity contribution in [2.24, 2.45) is 0 Å². The van der Waals surface area contributed by atoms with Crippen molar-refractivity contribution in [1.29, 1.82) is 0 Å². The van der Waals surface area contributed by atoms with Crippen LogP contribution in [0.5, 0.6) is 0 Å². The van der Waals surface area contributed by atoms with Crippen LogP contribution in [0.25, 0.3) is 22.9 Å². The third kappa shape index (κ3) is 3.47. The van der Waals surface area contributed by atoms with Gasteiger partial charge >= 0.3 is 0 Å². The maximum atomic E-state index is 14.3. The minimum absolute atomic E-state index is 0.0494. The smallest absolute Gasteiger partial charge is 0.240 e. The van der Waals surface area contributed by atoms with Crippen LogP contribution in [0, 0.1) is 5.82 Å². The van der Waals surface area contributed by atoms with Crippen LogP contribution >= 0.6 is 0 Å². The molecule has 10 heteroatoms. The lowest BCUT2D eigenvalue weighted by molar-refractivity contribution is -0.122. The molecule has 0 fully saturated rings. The lowest BCUT2D eigenvalue weighted by atomic mass is 9.91. The van der Waals surface area contributed by atoms with Crippen LogP contribution in [0.15, 0.2) is 47.2 Å². The Balaban J connectivity index is 1.60. The molecule has 33 heavy (non-hydrogen) atoms. The lowest BCUT2D eigenvalue weighted by Crippen LogP contribution is -2.36. The van der Waals surface area contributed by atoms with Gasteiger partial charge in [0.1, 0.15) is 29.2 Å². The van der Waals surface area contributed by atoms with Gasteiger partial charge in [0.05, 0.1) is 17.7 Å². The highest BCUT2D eigenvalue weighted by Gasteiger charge is 2.47. The maximum absolute atomic E-state index is 14.3. The van der Waals surface area contributed by atoms with Crippen LogP contribution in [0.2, 0.25) is 0 Å². The number of carbonyl (C=O) groups excluding carboxylic acids is 1. The second-order valence-electron chi connectivity index (χ2n) is 8.44. The van der Waals surface area contributed by atoms with Gasteiger partial charge in [0.15, 0.2) is 5.82 Å². The van der Waals surface area contributed by atoms with Crippen molar-refractivity contribution in [3.05, 3.63) is 59.7 Å². The SMILES string of the molecule is CCCN1C(=O)C(C)(C)c2nnc(-c3cc(-c4ccon4)n(Cc4ccccc4F)n3)nc21. The van der Waals surface area contributed by atoms with E-state index in [0.29, 0.717) is 40.7 Å². The van der Waals surface area contributed by atoms with E-state index in [1.807, 2.05) is 20.8 Å². The summed E-state index contributed by atoms with van der Waals surface area (Å²) in [6.07, 6.45) is 2.24. The average molecular weight is 447 g/mol. The Bertz CT molecular complexity index is 1330. The Morgan fingerprint density at radius 2 is 1.94 bits per heavy atom. The molecule has 1 amide bonds. The fourth-order valence-electron chi connectivity index (χ4n) is 3.97. The van der Waals surface area contributed by atoms with Crippen molar-refractivity contribution < 1.29 is 13.7 Å². The lowest BCUT2D eigenvalue weighted by Gasteiger charge is -2.18. The molecule has 0 N–H and O–H groups in total. The minimum atomic E-state index is -0.793. The molecule has 0 unspecified atom stereocenters. The van der Waals surface area contributed by atoms with Crippen molar-refractivity contribution in [3.63, 3.8) is 0 Å². The molecule has 3 aromatic heterocycles. The van der Waals surface area contributed by atoms with Crippen LogP contribution in [0.4, 0.5) is 10.2 Å². The molecule has 5 rings (SSSR count). The molecule has 9 nitrogen and oxygen atoms in total. The zero-order chi connectivity index (χ0) is 23.2. The summed E-state index contributed by atoms with van der Waals surface area (Å²) in [6, 6.07) is 9.98. The zero-order valence-corrected chi connectivity index (χ0v) is 18.5. The summed E-state index contributed by atoms with van der Waals surface area (Å²) in [5.41, 5.74) is 1.84. The van der Waals surface area contributed by atoms with E-state index < -0.39 is 5.41 Å². The van der Waals surface area contributed by atoms with Gasteiger partial charge in [0.2, 0.25) is 11.7 Å². The van der Waals surface area contributed by atoms with Crippen molar-refractivity contribution in [1.82, 2.24) is 30.1 Å². The van der Waals surface area contributed by atoms with Crippen LogP contribution in [-0.4, -0.2) is 42.6 Å². The fraction of sp³-hybridized carbons (Fsp3) is 0.304. The third-order valence-corrected chi connectivity index (χ3v) is 5.73. The monoisotopic (exact) mass is 447 g/mol. The summed E-state index contributed by atoms with van der Waals surface area (Å²) in [7, 11) is 0.